The molecule has 0 spiro atoms. The first-order chi connectivity index (χ1) is 13.4. The molecule has 0 N–H and O–H groups in total. The van der Waals surface area contributed by atoms with Gasteiger partial charge in [-0.1, -0.05) is 48.2 Å². The Bertz CT molecular complexity index is 1020. The summed E-state index contributed by atoms with van der Waals surface area (Å²) in [6.07, 6.45) is 3.35. The van der Waals surface area contributed by atoms with Crippen LogP contribution < -0.4 is 0 Å². The molecule has 0 bridgehead atoms. The SMILES string of the molecule is c1ccc(Cc2nc(CSc3nnc(-c4cccs4)n3C3CC3)cs2)cc1. The Morgan fingerprint density at radius 3 is 2.70 bits per heavy atom. The van der Waals surface area contributed by atoms with E-state index in [0.29, 0.717) is 6.04 Å². The van der Waals surface area contributed by atoms with Crippen LogP contribution in [-0.2, 0) is 12.2 Å². The lowest BCUT2D eigenvalue weighted by Crippen LogP contribution is -1.99. The van der Waals surface area contributed by atoms with Crippen molar-refractivity contribution in [3.63, 3.8) is 0 Å². The molecule has 4 aromatic rings. The summed E-state index contributed by atoms with van der Waals surface area (Å²) in [6, 6.07) is 15.3. The van der Waals surface area contributed by atoms with E-state index in [2.05, 4.69) is 61.9 Å². The average Bonchev–Trinajstić information content (AvgIpc) is 3.10. The Morgan fingerprint density at radius 2 is 1.93 bits per heavy atom. The van der Waals surface area contributed by atoms with Gasteiger partial charge in [-0.25, -0.2) is 4.98 Å². The number of nitrogens with zero attached hydrogens (tertiary/aromatic N) is 4. The van der Waals surface area contributed by atoms with Gasteiger partial charge in [-0.15, -0.1) is 32.9 Å². The van der Waals surface area contributed by atoms with Crippen molar-refractivity contribution in [2.24, 2.45) is 0 Å². The van der Waals surface area contributed by atoms with Gasteiger partial charge in [0, 0.05) is 23.6 Å². The zero-order valence-corrected chi connectivity index (χ0v) is 17.1. The van der Waals surface area contributed by atoms with E-state index in [1.54, 1.807) is 34.4 Å². The summed E-state index contributed by atoms with van der Waals surface area (Å²) in [5.41, 5.74) is 2.43. The van der Waals surface area contributed by atoms with E-state index >= 15 is 0 Å². The number of hydrogen-bond donors (Lipinski definition) is 0. The summed E-state index contributed by atoms with van der Waals surface area (Å²) in [6.45, 7) is 0. The van der Waals surface area contributed by atoms with Crippen molar-refractivity contribution in [3.05, 3.63) is 69.5 Å². The molecule has 5 rings (SSSR count). The minimum absolute atomic E-state index is 0.559. The maximum Gasteiger partial charge on any atom is 0.192 e. The molecule has 0 aliphatic heterocycles. The van der Waals surface area contributed by atoms with Gasteiger partial charge in [0.05, 0.1) is 15.6 Å². The molecular weight excluding hydrogens is 392 g/mol. The van der Waals surface area contributed by atoms with Gasteiger partial charge in [0.25, 0.3) is 0 Å². The summed E-state index contributed by atoms with van der Waals surface area (Å²) in [7, 11) is 0. The Kier molecular flexibility index (Phi) is 4.82. The van der Waals surface area contributed by atoms with Crippen LogP contribution >= 0.6 is 34.4 Å². The molecule has 136 valence electrons. The topological polar surface area (TPSA) is 43.6 Å². The highest BCUT2D eigenvalue weighted by Crippen LogP contribution is 2.42. The highest BCUT2D eigenvalue weighted by molar-refractivity contribution is 7.98. The Labute approximate surface area is 170 Å². The summed E-state index contributed by atoms with van der Waals surface area (Å²) < 4.78 is 2.33. The van der Waals surface area contributed by atoms with Crippen LogP contribution in [0.4, 0.5) is 0 Å². The largest absolute Gasteiger partial charge is 0.298 e. The van der Waals surface area contributed by atoms with E-state index in [1.165, 1.54) is 28.3 Å². The van der Waals surface area contributed by atoms with Crippen LogP contribution in [-0.4, -0.2) is 19.7 Å². The molecule has 1 saturated carbocycles. The van der Waals surface area contributed by atoms with Crippen LogP contribution in [0.5, 0.6) is 0 Å². The summed E-state index contributed by atoms with van der Waals surface area (Å²) >= 11 is 5.21. The average molecular weight is 411 g/mol. The minimum Gasteiger partial charge on any atom is -0.298 e. The van der Waals surface area contributed by atoms with E-state index in [4.69, 9.17) is 4.98 Å². The fourth-order valence-corrected chi connectivity index (χ4v) is 5.55. The second-order valence-electron chi connectivity index (χ2n) is 6.57. The highest BCUT2D eigenvalue weighted by atomic mass is 32.2. The fraction of sp³-hybridized carbons (Fsp3) is 0.250. The van der Waals surface area contributed by atoms with Crippen LogP contribution in [0.2, 0.25) is 0 Å². The van der Waals surface area contributed by atoms with Crippen LogP contribution in [0, 0.1) is 0 Å². The van der Waals surface area contributed by atoms with Crippen molar-refractivity contribution in [2.45, 2.75) is 36.2 Å². The lowest BCUT2D eigenvalue weighted by atomic mass is 10.2. The summed E-state index contributed by atoms with van der Waals surface area (Å²) in [4.78, 5) is 6.00. The van der Waals surface area contributed by atoms with Crippen LogP contribution in [0.25, 0.3) is 10.7 Å². The number of thiophene rings is 1. The third-order valence-corrected chi connectivity index (χ3v) is 7.20. The molecule has 1 aliphatic rings. The monoisotopic (exact) mass is 410 g/mol. The van der Waals surface area contributed by atoms with Crippen molar-refractivity contribution in [2.75, 3.05) is 0 Å². The predicted octanol–water partition coefficient (Wildman–Crippen LogP) is 5.68. The second-order valence-corrected chi connectivity index (χ2v) is 9.40. The van der Waals surface area contributed by atoms with E-state index in [0.717, 1.165) is 28.8 Å². The molecule has 3 aromatic heterocycles. The molecule has 1 fully saturated rings. The first-order valence-electron chi connectivity index (χ1n) is 8.95. The van der Waals surface area contributed by atoms with Crippen molar-refractivity contribution < 1.29 is 0 Å². The molecule has 0 amide bonds. The van der Waals surface area contributed by atoms with Gasteiger partial charge in [-0.05, 0) is 29.9 Å². The molecule has 1 aromatic carbocycles. The molecule has 4 nitrogen and oxygen atoms in total. The molecule has 0 unspecified atom stereocenters. The summed E-state index contributed by atoms with van der Waals surface area (Å²) in [5.74, 6) is 1.85. The second kappa shape index (κ2) is 7.58. The maximum absolute atomic E-state index is 4.81. The molecule has 0 atom stereocenters. The predicted molar refractivity (Wildman–Crippen MR) is 113 cm³/mol. The fourth-order valence-electron chi connectivity index (χ4n) is 3.02. The maximum atomic E-state index is 4.81. The molecule has 3 heterocycles. The van der Waals surface area contributed by atoms with E-state index in [-0.39, 0.29) is 0 Å². The van der Waals surface area contributed by atoms with Gasteiger partial charge in [-0.2, -0.15) is 0 Å². The minimum atomic E-state index is 0.559. The number of thioether (sulfide) groups is 1. The van der Waals surface area contributed by atoms with Gasteiger partial charge in [0.1, 0.15) is 0 Å². The lowest BCUT2D eigenvalue weighted by Gasteiger charge is -2.06. The van der Waals surface area contributed by atoms with Gasteiger partial charge in [0.15, 0.2) is 11.0 Å². The zero-order valence-electron chi connectivity index (χ0n) is 14.6. The van der Waals surface area contributed by atoms with Crippen molar-refractivity contribution >= 4 is 34.4 Å². The van der Waals surface area contributed by atoms with Gasteiger partial charge < -0.3 is 0 Å². The van der Waals surface area contributed by atoms with Gasteiger partial charge >= 0.3 is 0 Å². The van der Waals surface area contributed by atoms with Crippen molar-refractivity contribution in [1.82, 2.24) is 19.7 Å². The number of benzene rings is 1. The summed E-state index contributed by atoms with van der Waals surface area (Å²) in [5, 5.41) is 15.4. The smallest absolute Gasteiger partial charge is 0.192 e. The standard InChI is InChI=1S/C20H18N4S3/c1-2-5-14(6-3-1)11-18-21-15(12-26-18)13-27-20-23-22-19(17-7-4-10-25-17)24(20)16-8-9-16/h1-7,10,12,16H,8-9,11,13H2. The third kappa shape index (κ3) is 3.85. The number of aromatic nitrogens is 4. The third-order valence-electron chi connectivity index (χ3n) is 4.46. The number of rotatable bonds is 7. The van der Waals surface area contributed by atoms with Gasteiger partial charge in [0.2, 0.25) is 0 Å². The Morgan fingerprint density at radius 1 is 1.04 bits per heavy atom. The van der Waals surface area contributed by atoms with Gasteiger partial charge in [-0.3, -0.25) is 4.57 Å². The van der Waals surface area contributed by atoms with Crippen LogP contribution in [0.1, 0.15) is 35.1 Å². The highest BCUT2D eigenvalue weighted by Gasteiger charge is 2.30. The zero-order chi connectivity index (χ0) is 18.1. The number of hydrogen-bond acceptors (Lipinski definition) is 6. The van der Waals surface area contributed by atoms with E-state index in [1.807, 2.05) is 6.07 Å². The molecule has 0 radical (unpaired) electrons. The molecule has 0 saturated heterocycles. The Hall–Kier alpha value is -1.96. The molecular formula is C20H18N4S3. The van der Waals surface area contributed by atoms with Crippen LogP contribution in [0.15, 0.2) is 58.4 Å². The Balaban J connectivity index is 1.30. The number of thiazole rings is 1. The normalized spacial score (nSPS) is 13.9. The molecule has 1 aliphatic carbocycles. The lowest BCUT2D eigenvalue weighted by molar-refractivity contribution is 0.670. The van der Waals surface area contributed by atoms with E-state index in [9.17, 15) is 0 Å². The first-order valence-corrected chi connectivity index (χ1v) is 11.7. The van der Waals surface area contributed by atoms with Crippen LogP contribution in [0.3, 0.4) is 0 Å². The van der Waals surface area contributed by atoms with Crippen molar-refractivity contribution in [3.8, 4) is 10.7 Å². The first kappa shape index (κ1) is 17.2. The molecule has 27 heavy (non-hydrogen) atoms. The van der Waals surface area contributed by atoms with Crippen molar-refractivity contribution in [1.29, 1.82) is 0 Å². The van der Waals surface area contributed by atoms with E-state index < -0.39 is 0 Å². The quantitative estimate of drug-likeness (QED) is 0.368. The molecule has 7 heteroatoms.